The highest BCUT2D eigenvalue weighted by molar-refractivity contribution is 5.94. The zero-order valence-electron chi connectivity index (χ0n) is 11.6. The van der Waals surface area contributed by atoms with E-state index in [4.69, 9.17) is 5.11 Å². The lowest BCUT2D eigenvalue weighted by molar-refractivity contribution is 0.0954. The summed E-state index contributed by atoms with van der Waals surface area (Å²) in [6.45, 7) is 0.586. The highest BCUT2D eigenvalue weighted by atomic mass is 16.2. The van der Waals surface area contributed by atoms with Crippen molar-refractivity contribution in [2.45, 2.75) is 12.8 Å². The molecule has 1 aromatic heterocycles. The van der Waals surface area contributed by atoms with Gasteiger partial charge in [0.15, 0.2) is 0 Å². The molecule has 0 aliphatic rings. The summed E-state index contributed by atoms with van der Waals surface area (Å²) >= 11 is 0. The van der Waals surface area contributed by atoms with Gasteiger partial charge in [-0.3, -0.25) is 4.79 Å². The number of imidazole rings is 1. The van der Waals surface area contributed by atoms with Gasteiger partial charge in [0, 0.05) is 42.4 Å². The summed E-state index contributed by atoms with van der Waals surface area (Å²) in [7, 11) is 0. The van der Waals surface area contributed by atoms with Crippen molar-refractivity contribution >= 4 is 5.91 Å². The minimum atomic E-state index is -0.125. The predicted octanol–water partition coefficient (Wildman–Crippen LogP) is 1.12. The molecule has 0 aliphatic heterocycles. The molecule has 0 bridgehead atoms. The number of carbonyl (C=O) groups is 1. The fourth-order valence-electron chi connectivity index (χ4n) is 1.79. The Morgan fingerprint density at radius 2 is 2.33 bits per heavy atom. The Hall–Kier alpha value is -2.58. The lowest BCUT2D eigenvalue weighted by Crippen LogP contribution is -2.25. The number of aromatic amines is 1. The van der Waals surface area contributed by atoms with E-state index in [0.29, 0.717) is 24.9 Å². The van der Waals surface area contributed by atoms with Gasteiger partial charge in [-0.15, -0.1) is 0 Å². The van der Waals surface area contributed by atoms with Crippen LogP contribution >= 0.6 is 0 Å². The summed E-state index contributed by atoms with van der Waals surface area (Å²) in [4.78, 5) is 18.9. The fourth-order valence-corrected chi connectivity index (χ4v) is 1.79. The first-order chi connectivity index (χ1) is 10.3. The van der Waals surface area contributed by atoms with E-state index in [-0.39, 0.29) is 12.5 Å². The van der Waals surface area contributed by atoms with Crippen LogP contribution in [0, 0.1) is 11.8 Å². The molecule has 2 aromatic rings. The van der Waals surface area contributed by atoms with Crippen molar-refractivity contribution in [3.8, 4) is 11.8 Å². The molecule has 1 heterocycles. The first-order valence-electron chi connectivity index (χ1n) is 6.75. The van der Waals surface area contributed by atoms with Crippen molar-refractivity contribution in [3.05, 3.63) is 53.6 Å². The van der Waals surface area contributed by atoms with E-state index >= 15 is 0 Å². The number of carbonyl (C=O) groups excluding carboxylic acids is 1. The average molecular weight is 283 g/mol. The molecular formula is C16H17N3O2. The van der Waals surface area contributed by atoms with E-state index in [1.807, 2.05) is 6.07 Å². The minimum absolute atomic E-state index is 0.0424. The molecule has 21 heavy (non-hydrogen) atoms. The van der Waals surface area contributed by atoms with Crippen molar-refractivity contribution < 1.29 is 9.90 Å². The average Bonchev–Trinajstić information content (AvgIpc) is 3.01. The number of aliphatic hydroxyl groups is 1. The van der Waals surface area contributed by atoms with Crippen LogP contribution in [-0.4, -0.2) is 34.1 Å². The van der Waals surface area contributed by atoms with Gasteiger partial charge in [0.1, 0.15) is 0 Å². The zero-order chi connectivity index (χ0) is 14.9. The third kappa shape index (κ3) is 4.79. The van der Waals surface area contributed by atoms with Gasteiger partial charge >= 0.3 is 0 Å². The van der Waals surface area contributed by atoms with Crippen molar-refractivity contribution in [2.75, 3.05) is 13.2 Å². The molecule has 0 unspecified atom stereocenters. The number of benzene rings is 1. The zero-order valence-corrected chi connectivity index (χ0v) is 11.6. The maximum absolute atomic E-state index is 12.0. The van der Waals surface area contributed by atoms with E-state index in [9.17, 15) is 4.79 Å². The Morgan fingerprint density at radius 1 is 1.43 bits per heavy atom. The molecule has 0 radical (unpaired) electrons. The largest absolute Gasteiger partial charge is 0.395 e. The Kier molecular flexibility index (Phi) is 5.56. The van der Waals surface area contributed by atoms with Gasteiger partial charge in [0.05, 0.1) is 12.9 Å². The molecule has 5 heteroatoms. The summed E-state index contributed by atoms with van der Waals surface area (Å²) in [5.41, 5.74) is 2.33. The normalized spacial score (nSPS) is 9.76. The highest BCUT2D eigenvalue weighted by Crippen LogP contribution is 2.04. The summed E-state index contributed by atoms with van der Waals surface area (Å²) in [6.07, 6.45) is 4.50. The number of hydrogen-bond acceptors (Lipinski definition) is 3. The fraction of sp³-hybridized carbons (Fsp3) is 0.250. The lowest BCUT2D eigenvalue weighted by Gasteiger charge is -2.04. The molecule has 1 aromatic carbocycles. The summed E-state index contributed by atoms with van der Waals surface area (Å²) in [5, 5.41) is 11.5. The molecule has 108 valence electrons. The number of aromatic nitrogens is 2. The van der Waals surface area contributed by atoms with Crippen LogP contribution in [-0.2, 0) is 6.42 Å². The van der Waals surface area contributed by atoms with E-state index in [1.165, 1.54) is 0 Å². The van der Waals surface area contributed by atoms with Gasteiger partial charge in [0.2, 0.25) is 0 Å². The van der Waals surface area contributed by atoms with Crippen LogP contribution in [0.15, 0.2) is 36.8 Å². The Labute approximate surface area is 123 Å². The summed E-state index contributed by atoms with van der Waals surface area (Å²) in [5.74, 6) is 5.63. The first kappa shape index (κ1) is 14.8. The maximum Gasteiger partial charge on any atom is 0.251 e. The van der Waals surface area contributed by atoms with Crippen molar-refractivity contribution in [1.29, 1.82) is 0 Å². The second kappa shape index (κ2) is 7.88. The van der Waals surface area contributed by atoms with Crippen LogP contribution in [0.1, 0.15) is 28.0 Å². The maximum atomic E-state index is 12.0. The van der Waals surface area contributed by atoms with Crippen LogP contribution in [0.5, 0.6) is 0 Å². The molecule has 0 spiro atoms. The van der Waals surface area contributed by atoms with Crippen LogP contribution in [0.25, 0.3) is 0 Å². The molecule has 0 atom stereocenters. The molecule has 0 saturated carbocycles. The quantitative estimate of drug-likeness (QED) is 0.719. The van der Waals surface area contributed by atoms with Crippen molar-refractivity contribution in [1.82, 2.24) is 15.3 Å². The molecule has 2 rings (SSSR count). The number of amides is 1. The topological polar surface area (TPSA) is 78.0 Å². The second-order valence-electron chi connectivity index (χ2n) is 4.44. The van der Waals surface area contributed by atoms with Crippen LogP contribution in [0.2, 0.25) is 0 Å². The van der Waals surface area contributed by atoms with Gasteiger partial charge < -0.3 is 15.4 Å². The van der Waals surface area contributed by atoms with Gasteiger partial charge in [-0.2, -0.15) is 0 Å². The van der Waals surface area contributed by atoms with Crippen molar-refractivity contribution in [2.24, 2.45) is 0 Å². The van der Waals surface area contributed by atoms with E-state index in [2.05, 4.69) is 27.1 Å². The van der Waals surface area contributed by atoms with E-state index in [0.717, 1.165) is 11.3 Å². The Balaban J connectivity index is 1.90. The number of nitrogens with one attached hydrogen (secondary N) is 2. The third-order valence-electron chi connectivity index (χ3n) is 2.83. The Morgan fingerprint density at radius 3 is 3.10 bits per heavy atom. The number of rotatable bonds is 5. The van der Waals surface area contributed by atoms with Gasteiger partial charge in [-0.05, 0) is 18.2 Å². The number of H-pyrrole nitrogens is 1. The molecule has 3 N–H and O–H groups in total. The molecule has 5 nitrogen and oxygen atoms in total. The molecular weight excluding hydrogens is 266 g/mol. The van der Waals surface area contributed by atoms with Gasteiger partial charge in [-0.1, -0.05) is 17.9 Å². The number of nitrogens with zero attached hydrogens (tertiary/aromatic N) is 1. The standard InChI is InChI=1S/C16H17N3O2/c20-9-2-1-4-13-5-3-6-14(10-13)16(21)18-8-7-15-11-17-12-19-15/h3,5-6,10-12,20H,2,7-9H2,(H,17,19)(H,18,21). The second-order valence-corrected chi connectivity index (χ2v) is 4.44. The van der Waals surface area contributed by atoms with Crippen LogP contribution < -0.4 is 5.32 Å². The molecule has 0 fully saturated rings. The van der Waals surface area contributed by atoms with Crippen LogP contribution in [0.3, 0.4) is 0 Å². The SMILES string of the molecule is O=C(NCCc1cnc[nH]1)c1cccc(C#CCCO)c1. The monoisotopic (exact) mass is 283 g/mol. The van der Waals surface area contributed by atoms with Crippen LogP contribution in [0.4, 0.5) is 0 Å². The van der Waals surface area contributed by atoms with E-state index in [1.54, 1.807) is 30.7 Å². The summed E-state index contributed by atoms with van der Waals surface area (Å²) in [6, 6.07) is 7.14. The predicted molar refractivity (Wildman–Crippen MR) is 79.6 cm³/mol. The first-order valence-corrected chi connectivity index (χ1v) is 6.75. The number of hydrogen-bond donors (Lipinski definition) is 3. The Bertz CT molecular complexity index is 639. The van der Waals surface area contributed by atoms with E-state index < -0.39 is 0 Å². The highest BCUT2D eigenvalue weighted by Gasteiger charge is 2.05. The summed E-state index contributed by atoms with van der Waals surface area (Å²) < 4.78 is 0. The molecule has 0 saturated heterocycles. The third-order valence-corrected chi connectivity index (χ3v) is 2.83. The lowest BCUT2D eigenvalue weighted by atomic mass is 10.1. The van der Waals surface area contributed by atoms with Gasteiger partial charge in [0.25, 0.3) is 5.91 Å². The minimum Gasteiger partial charge on any atom is -0.395 e. The molecule has 0 aliphatic carbocycles. The van der Waals surface area contributed by atoms with Crippen molar-refractivity contribution in [3.63, 3.8) is 0 Å². The smallest absolute Gasteiger partial charge is 0.251 e. The number of aliphatic hydroxyl groups excluding tert-OH is 1. The molecule has 1 amide bonds. The van der Waals surface area contributed by atoms with Gasteiger partial charge in [-0.25, -0.2) is 4.98 Å².